The lowest BCUT2D eigenvalue weighted by Gasteiger charge is -2.44. The van der Waals surface area contributed by atoms with Crippen molar-refractivity contribution < 1.29 is 97.3 Å². The number of non-ortho nitro benzene ring substituents is 1. The van der Waals surface area contributed by atoms with Gasteiger partial charge in [-0.1, -0.05) is 12.1 Å². The third-order valence-corrected chi connectivity index (χ3v) is 8.88. The number of hydrogen-bond donors (Lipinski definition) is 0. The van der Waals surface area contributed by atoms with Crippen molar-refractivity contribution in [3.8, 4) is 0 Å². The normalized spacial score (nSPS) is 11.5. The Bertz CT molecular complexity index is 2390. The molecule has 1 heterocycles. The first kappa shape index (κ1) is 45.3. The van der Waals surface area contributed by atoms with Gasteiger partial charge in [0.2, 0.25) is 0 Å². The van der Waals surface area contributed by atoms with E-state index in [0.717, 1.165) is 5.56 Å². The molecule has 5 nitrogen and oxygen atoms in total. The summed E-state index contributed by atoms with van der Waals surface area (Å²) in [6.07, 6.45) is -0.225. The molecular formula is C35H10BF20N3O2. The average molecular weight is 895 g/mol. The standard InChI is InChI=1S/C24BF20.C11H10N3O2/c26-5-1(6(27)14(35)21(42)13(5)34)25(2-7(28)15(36)22(43)16(37)8(2)29,3-9(30)17(38)23(44)18(39)10(3)31)4-11(32)19(40)24(45)20(41)12(4)33;15-14(16)11-3-1-2-10(8-11)9-13-6-4-12-5-7-13/h;1-8H,9H2/q-1;+1. The number of nitro groups is 1. The Kier molecular flexibility index (Phi) is 12.4. The summed E-state index contributed by atoms with van der Waals surface area (Å²) >= 11 is 0. The zero-order valence-electron chi connectivity index (χ0n) is 28.6. The van der Waals surface area contributed by atoms with Crippen LogP contribution in [-0.2, 0) is 6.54 Å². The van der Waals surface area contributed by atoms with Crippen LogP contribution in [0.5, 0.6) is 0 Å². The minimum atomic E-state index is -7.22. The van der Waals surface area contributed by atoms with Gasteiger partial charge in [-0.3, -0.25) is 15.1 Å². The molecule has 0 bridgehead atoms. The third kappa shape index (κ3) is 7.21. The SMILES string of the molecule is Fc1c(F)c(F)c([B-](c2c(F)c(F)c(F)c(F)c2F)(c2c(F)c(F)c(F)c(F)c2F)c2c(F)c(F)c(F)c(F)c2F)c(F)c1F.O=[N+]([O-])c1cccc(C[n+]2ccncc2)c1. The van der Waals surface area contributed by atoms with Gasteiger partial charge in [0, 0.05) is 17.7 Å². The van der Waals surface area contributed by atoms with Gasteiger partial charge in [-0.15, -0.1) is 21.9 Å². The van der Waals surface area contributed by atoms with Crippen LogP contribution in [-0.4, -0.2) is 16.1 Å². The van der Waals surface area contributed by atoms with E-state index in [1.165, 1.54) is 6.07 Å². The fourth-order valence-corrected chi connectivity index (χ4v) is 6.31. The molecule has 0 spiro atoms. The lowest BCUT2D eigenvalue weighted by Crippen LogP contribution is -2.81. The number of hydrogen-bond acceptors (Lipinski definition) is 3. The van der Waals surface area contributed by atoms with Gasteiger partial charge in [-0.25, -0.2) is 87.8 Å². The van der Waals surface area contributed by atoms with Crippen molar-refractivity contribution in [2.24, 2.45) is 0 Å². The molecule has 0 aliphatic rings. The number of halogens is 20. The Balaban J connectivity index is 0.000000366. The van der Waals surface area contributed by atoms with E-state index in [9.17, 15) is 62.8 Å². The van der Waals surface area contributed by atoms with E-state index in [1.807, 2.05) is 23.0 Å². The molecule has 320 valence electrons. The van der Waals surface area contributed by atoms with Crippen LogP contribution >= 0.6 is 0 Å². The zero-order chi connectivity index (χ0) is 45.7. The van der Waals surface area contributed by atoms with E-state index in [-0.39, 0.29) is 10.6 Å². The molecule has 0 aliphatic carbocycles. The molecule has 0 atom stereocenters. The summed E-state index contributed by atoms with van der Waals surface area (Å²) in [4.78, 5) is 14.1. The van der Waals surface area contributed by atoms with Crippen LogP contribution in [0, 0.1) is 126 Å². The predicted octanol–water partition coefficient (Wildman–Crippen LogP) is 7.17. The monoisotopic (exact) mass is 895 g/mol. The highest BCUT2D eigenvalue weighted by atomic mass is 19.2. The van der Waals surface area contributed by atoms with Gasteiger partial charge in [-0.05, 0) is 0 Å². The van der Waals surface area contributed by atoms with Crippen molar-refractivity contribution in [2.75, 3.05) is 0 Å². The zero-order valence-corrected chi connectivity index (χ0v) is 28.6. The fraction of sp³-hybridized carbons (Fsp3) is 0.0286. The van der Waals surface area contributed by atoms with E-state index < -0.39 is 144 Å². The maximum Gasteiger partial charge on any atom is 0.269 e. The second-order valence-electron chi connectivity index (χ2n) is 12.1. The van der Waals surface area contributed by atoms with E-state index in [0.29, 0.717) is 6.54 Å². The van der Waals surface area contributed by atoms with E-state index in [2.05, 4.69) is 4.98 Å². The molecule has 6 aromatic rings. The first-order valence-electron chi connectivity index (χ1n) is 15.7. The lowest BCUT2D eigenvalue weighted by molar-refractivity contribution is -0.688. The summed E-state index contributed by atoms with van der Waals surface area (Å²) in [5.74, 6) is -71.4. The van der Waals surface area contributed by atoms with Crippen molar-refractivity contribution in [3.05, 3.63) is 181 Å². The molecule has 61 heavy (non-hydrogen) atoms. The summed E-state index contributed by atoms with van der Waals surface area (Å²) in [6.45, 7) is 0.601. The van der Waals surface area contributed by atoms with Gasteiger partial charge in [0.05, 0.1) is 17.3 Å². The molecule has 0 N–H and O–H groups in total. The molecular weight excluding hydrogens is 885 g/mol. The van der Waals surface area contributed by atoms with Crippen LogP contribution in [0.3, 0.4) is 0 Å². The molecule has 0 amide bonds. The Labute approximate surface area is 323 Å². The van der Waals surface area contributed by atoms with Crippen LogP contribution < -0.4 is 26.4 Å². The molecule has 6 rings (SSSR count). The second kappa shape index (κ2) is 16.7. The van der Waals surface area contributed by atoms with Gasteiger partial charge in [0.15, 0.2) is 88.7 Å². The van der Waals surface area contributed by atoms with Crippen LogP contribution in [0.15, 0.2) is 49.1 Å². The summed E-state index contributed by atoms with van der Waals surface area (Å²) in [7, 11) is 0. The molecule has 0 radical (unpaired) electrons. The molecule has 1 aromatic heterocycles. The summed E-state index contributed by atoms with van der Waals surface area (Å²) in [6, 6.07) is 6.61. The average Bonchev–Trinajstić information content (AvgIpc) is 3.24. The van der Waals surface area contributed by atoms with E-state index in [4.69, 9.17) is 0 Å². The van der Waals surface area contributed by atoms with Gasteiger partial charge >= 0.3 is 0 Å². The third-order valence-electron chi connectivity index (χ3n) is 8.88. The smallest absolute Gasteiger partial charge is 0.258 e. The van der Waals surface area contributed by atoms with Crippen LogP contribution in [0.2, 0.25) is 0 Å². The van der Waals surface area contributed by atoms with Crippen LogP contribution in [0.25, 0.3) is 0 Å². The molecule has 0 unspecified atom stereocenters. The summed E-state index contributed by atoms with van der Waals surface area (Å²) < 4.78 is 296. The highest BCUT2D eigenvalue weighted by Crippen LogP contribution is 2.30. The Morgan fingerprint density at radius 2 is 0.705 bits per heavy atom. The number of benzene rings is 5. The van der Waals surface area contributed by atoms with E-state index in [1.54, 1.807) is 24.5 Å². The molecule has 5 aromatic carbocycles. The first-order chi connectivity index (χ1) is 28.5. The Morgan fingerprint density at radius 1 is 0.443 bits per heavy atom. The van der Waals surface area contributed by atoms with Crippen LogP contribution in [0.4, 0.5) is 93.5 Å². The second-order valence-corrected chi connectivity index (χ2v) is 12.1. The van der Waals surface area contributed by atoms with Gasteiger partial charge in [0.25, 0.3) is 5.69 Å². The first-order valence-corrected chi connectivity index (χ1v) is 15.7. The lowest BCUT2D eigenvalue weighted by atomic mass is 9.12. The molecule has 0 aliphatic heterocycles. The molecule has 26 heteroatoms. The Morgan fingerprint density at radius 3 is 0.967 bits per heavy atom. The maximum atomic E-state index is 15.4. The van der Waals surface area contributed by atoms with E-state index >= 15 is 35.1 Å². The molecule has 0 fully saturated rings. The van der Waals surface area contributed by atoms with Crippen molar-refractivity contribution >= 4 is 33.7 Å². The molecule has 0 saturated carbocycles. The highest BCUT2D eigenvalue weighted by molar-refractivity contribution is 7.20. The minimum absolute atomic E-state index is 0.118. The quantitative estimate of drug-likeness (QED) is 0.0325. The Hall–Kier alpha value is -6.76. The summed E-state index contributed by atoms with van der Waals surface area (Å²) in [5.41, 5.74) is -13.3. The maximum absolute atomic E-state index is 15.4. The van der Waals surface area contributed by atoms with Crippen molar-refractivity contribution in [3.63, 3.8) is 0 Å². The van der Waals surface area contributed by atoms with Gasteiger partial charge < -0.3 is 0 Å². The van der Waals surface area contributed by atoms with Crippen molar-refractivity contribution in [1.29, 1.82) is 0 Å². The number of nitrogens with zero attached hydrogens (tertiary/aromatic N) is 3. The van der Waals surface area contributed by atoms with Crippen molar-refractivity contribution in [2.45, 2.75) is 6.54 Å². The largest absolute Gasteiger partial charge is 0.269 e. The van der Waals surface area contributed by atoms with Crippen LogP contribution in [0.1, 0.15) is 5.56 Å². The minimum Gasteiger partial charge on any atom is -0.258 e. The highest BCUT2D eigenvalue weighted by Gasteiger charge is 2.52. The fourth-order valence-electron chi connectivity index (χ4n) is 6.31. The van der Waals surface area contributed by atoms with Gasteiger partial charge in [-0.2, -0.15) is 4.57 Å². The predicted molar refractivity (Wildman–Crippen MR) is 166 cm³/mol. The number of aromatic nitrogens is 2. The topological polar surface area (TPSA) is 59.9 Å². The van der Waals surface area contributed by atoms with Crippen molar-refractivity contribution in [1.82, 2.24) is 4.98 Å². The number of rotatable bonds is 7. The summed E-state index contributed by atoms with van der Waals surface area (Å²) in [5, 5.41) is 10.6. The molecule has 0 saturated heterocycles. The number of nitro benzene ring substituents is 1. The van der Waals surface area contributed by atoms with Gasteiger partial charge in [0.1, 0.15) is 52.7 Å².